The van der Waals surface area contributed by atoms with Crippen LogP contribution in [0.5, 0.6) is 11.5 Å². The SMILES string of the molecule is OC(CCl)COc1ccc(OCCOCC2CC2)cc1. The number of alkyl halides is 1. The van der Waals surface area contributed by atoms with E-state index in [1.165, 1.54) is 12.8 Å². The van der Waals surface area contributed by atoms with Crippen molar-refractivity contribution in [2.75, 3.05) is 32.3 Å². The lowest BCUT2D eigenvalue weighted by atomic mass is 10.3. The van der Waals surface area contributed by atoms with Gasteiger partial charge in [-0.05, 0) is 43.0 Å². The quantitative estimate of drug-likeness (QED) is 0.533. The molecule has 0 aliphatic heterocycles. The van der Waals surface area contributed by atoms with Gasteiger partial charge in [0.2, 0.25) is 0 Å². The van der Waals surface area contributed by atoms with Crippen molar-refractivity contribution in [2.45, 2.75) is 18.9 Å². The minimum absolute atomic E-state index is 0.169. The molecule has 2 rings (SSSR count). The highest BCUT2D eigenvalue weighted by atomic mass is 35.5. The van der Waals surface area contributed by atoms with Gasteiger partial charge in [-0.25, -0.2) is 0 Å². The number of ether oxygens (including phenoxy) is 3. The Bertz CT molecular complexity index is 378. The summed E-state index contributed by atoms with van der Waals surface area (Å²) < 4.78 is 16.4. The molecule has 0 spiro atoms. The highest BCUT2D eigenvalue weighted by Gasteiger charge is 2.20. The van der Waals surface area contributed by atoms with Gasteiger partial charge in [-0.1, -0.05) is 0 Å². The molecule has 1 fully saturated rings. The molecule has 0 radical (unpaired) electrons. The molecule has 0 bridgehead atoms. The molecule has 4 nitrogen and oxygen atoms in total. The van der Waals surface area contributed by atoms with Gasteiger partial charge in [-0.15, -0.1) is 11.6 Å². The lowest BCUT2D eigenvalue weighted by Gasteiger charge is -2.11. The molecule has 1 aliphatic carbocycles. The van der Waals surface area contributed by atoms with E-state index < -0.39 is 6.10 Å². The zero-order valence-electron chi connectivity index (χ0n) is 11.5. The molecule has 1 aliphatic rings. The highest BCUT2D eigenvalue weighted by Crippen LogP contribution is 2.28. The first kappa shape index (κ1) is 15.4. The summed E-state index contributed by atoms with van der Waals surface area (Å²) in [6.07, 6.45) is 1.97. The monoisotopic (exact) mass is 300 g/mol. The lowest BCUT2D eigenvalue weighted by Crippen LogP contribution is -2.18. The highest BCUT2D eigenvalue weighted by molar-refractivity contribution is 6.18. The topological polar surface area (TPSA) is 47.9 Å². The van der Waals surface area contributed by atoms with E-state index in [9.17, 15) is 5.11 Å². The zero-order chi connectivity index (χ0) is 14.2. The Kier molecular flexibility index (Phi) is 6.43. The Hall–Kier alpha value is -0.970. The molecular weight excluding hydrogens is 280 g/mol. The van der Waals surface area contributed by atoms with Crippen molar-refractivity contribution in [2.24, 2.45) is 5.92 Å². The molecule has 1 N–H and O–H groups in total. The summed E-state index contributed by atoms with van der Waals surface area (Å²) in [4.78, 5) is 0. The van der Waals surface area contributed by atoms with Crippen molar-refractivity contribution < 1.29 is 19.3 Å². The lowest BCUT2D eigenvalue weighted by molar-refractivity contribution is 0.0927. The number of hydrogen-bond donors (Lipinski definition) is 1. The van der Waals surface area contributed by atoms with Crippen LogP contribution < -0.4 is 9.47 Å². The third kappa shape index (κ3) is 5.99. The molecule has 1 aromatic carbocycles. The molecule has 112 valence electrons. The average molecular weight is 301 g/mol. The molecular formula is C15H21ClO4. The third-order valence-corrected chi connectivity index (χ3v) is 3.35. The van der Waals surface area contributed by atoms with Gasteiger partial charge in [-0.2, -0.15) is 0 Å². The fraction of sp³-hybridized carbons (Fsp3) is 0.600. The molecule has 1 saturated carbocycles. The maximum Gasteiger partial charge on any atom is 0.119 e. The van der Waals surface area contributed by atoms with Gasteiger partial charge in [0.1, 0.15) is 30.8 Å². The zero-order valence-corrected chi connectivity index (χ0v) is 12.2. The van der Waals surface area contributed by atoms with Crippen LogP contribution in [0, 0.1) is 5.92 Å². The summed E-state index contributed by atoms with van der Waals surface area (Å²) in [7, 11) is 0. The van der Waals surface area contributed by atoms with Crippen LogP contribution in [0.4, 0.5) is 0 Å². The second kappa shape index (κ2) is 8.35. The first-order chi connectivity index (χ1) is 9.78. The van der Waals surface area contributed by atoms with Gasteiger partial charge >= 0.3 is 0 Å². The number of aliphatic hydroxyl groups excluding tert-OH is 1. The van der Waals surface area contributed by atoms with Crippen LogP contribution in [0.3, 0.4) is 0 Å². The minimum atomic E-state index is -0.642. The Morgan fingerprint density at radius 2 is 1.75 bits per heavy atom. The summed E-state index contributed by atoms with van der Waals surface area (Å²) in [6, 6.07) is 7.29. The van der Waals surface area contributed by atoms with Crippen molar-refractivity contribution in [3.05, 3.63) is 24.3 Å². The van der Waals surface area contributed by atoms with Crippen LogP contribution in [0.15, 0.2) is 24.3 Å². The van der Waals surface area contributed by atoms with Crippen LogP contribution in [-0.4, -0.2) is 43.5 Å². The Morgan fingerprint density at radius 3 is 2.35 bits per heavy atom. The predicted octanol–water partition coefficient (Wildman–Crippen LogP) is 2.47. The number of hydrogen-bond acceptors (Lipinski definition) is 4. The number of benzene rings is 1. The van der Waals surface area contributed by atoms with Crippen molar-refractivity contribution in [3.63, 3.8) is 0 Å². The number of halogens is 1. The Labute approximate surface area is 124 Å². The normalized spacial score (nSPS) is 15.9. The largest absolute Gasteiger partial charge is 0.491 e. The van der Waals surface area contributed by atoms with E-state index in [-0.39, 0.29) is 12.5 Å². The van der Waals surface area contributed by atoms with Gasteiger partial charge < -0.3 is 19.3 Å². The maximum absolute atomic E-state index is 9.29. The second-order valence-electron chi connectivity index (χ2n) is 4.96. The number of rotatable bonds is 10. The van der Waals surface area contributed by atoms with Gasteiger partial charge in [0.25, 0.3) is 0 Å². The fourth-order valence-corrected chi connectivity index (χ4v) is 1.71. The van der Waals surface area contributed by atoms with Crippen molar-refractivity contribution in [1.82, 2.24) is 0 Å². The molecule has 0 heterocycles. The van der Waals surface area contributed by atoms with E-state index >= 15 is 0 Å². The Morgan fingerprint density at radius 1 is 1.10 bits per heavy atom. The van der Waals surface area contributed by atoms with Crippen LogP contribution >= 0.6 is 11.6 Å². The molecule has 0 aromatic heterocycles. The Balaban J connectivity index is 1.60. The summed E-state index contributed by atoms with van der Waals surface area (Å²) in [5.74, 6) is 2.42. The van der Waals surface area contributed by atoms with E-state index in [1.54, 1.807) is 12.1 Å². The molecule has 5 heteroatoms. The van der Waals surface area contributed by atoms with Crippen molar-refractivity contribution in [1.29, 1.82) is 0 Å². The summed E-state index contributed by atoms with van der Waals surface area (Å²) in [6.45, 7) is 2.23. The van der Waals surface area contributed by atoms with E-state index in [4.69, 9.17) is 25.8 Å². The van der Waals surface area contributed by atoms with Crippen LogP contribution in [0.2, 0.25) is 0 Å². The molecule has 1 atom stereocenters. The molecule has 1 aromatic rings. The first-order valence-corrected chi connectivity index (χ1v) is 7.49. The summed E-state index contributed by atoms with van der Waals surface area (Å²) in [5.41, 5.74) is 0. The number of aliphatic hydroxyl groups is 1. The van der Waals surface area contributed by atoms with Gasteiger partial charge in [-0.3, -0.25) is 0 Å². The first-order valence-electron chi connectivity index (χ1n) is 6.95. The van der Waals surface area contributed by atoms with Crippen LogP contribution in [0.25, 0.3) is 0 Å². The third-order valence-electron chi connectivity index (χ3n) is 2.99. The van der Waals surface area contributed by atoms with E-state index in [0.717, 1.165) is 18.3 Å². The van der Waals surface area contributed by atoms with Crippen molar-refractivity contribution >= 4 is 11.6 Å². The average Bonchev–Trinajstić information content (AvgIpc) is 3.30. The van der Waals surface area contributed by atoms with Crippen LogP contribution in [-0.2, 0) is 4.74 Å². The second-order valence-corrected chi connectivity index (χ2v) is 5.27. The van der Waals surface area contributed by atoms with E-state index in [1.807, 2.05) is 12.1 Å². The minimum Gasteiger partial charge on any atom is -0.491 e. The van der Waals surface area contributed by atoms with Gasteiger partial charge in [0, 0.05) is 6.61 Å². The summed E-state index contributed by atoms with van der Waals surface area (Å²) in [5, 5.41) is 9.29. The fourth-order valence-electron chi connectivity index (χ4n) is 1.62. The molecule has 20 heavy (non-hydrogen) atoms. The van der Waals surface area contributed by atoms with Gasteiger partial charge in [0.05, 0.1) is 12.5 Å². The molecule has 0 amide bonds. The van der Waals surface area contributed by atoms with Gasteiger partial charge in [0.15, 0.2) is 0 Å². The van der Waals surface area contributed by atoms with E-state index in [2.05, 4.69) is 0 Å². The summed E-state index contributed by atoms with van der Waals surface area (Å²) >= 11 is 5.49. The molecule has 1 unspecified atom stereocenters. The van der Waals surface area contributed by atoms with Crippen molar-refractivity contribution in [3.8, 4) is 11.5 Å². The predicted molar refractivity (Wildman–Crippen MR) is 77.7 cm³/mol. The standard InChI is InChI=1S/C15H21ClO4/c16-9-13(17)11-20-15-5-3-14(4-6-15)19-8-7-18-10-12-1-2-12/h3-6,12-13,17H,1-2,7-11H2. The van der Waals surface area contributed by atoms with Crippen LogP contribution in [0.1, 0.15) is 12.8 Å². The molecule has 0 saturated heterocycles. The smallest absolute Gasteiger partial charge is 0.119 e. The van der Waals surface area contributed by atoms with E-state index in [0.29, 0.717) is 19.0 Å². The maximum atomic E-state index is 9.29.